The zero-order chi connectivity index (χ0) is 19.2. The van der Waals surface area contributed by atoms with Gasteiger partial charge in [0.05, 0.1) is 17.2 Å². The first-order valence-corrected chi connectivity index (χ1v) is 9.63. The van der Waals surface area contributed by atoms with Crippen molar-refractivity contribution in [2.45, 2.75) is 18.2 Å². The molecular weight excluding hydrogens is 350 g/mol. The Kier molecular flexibility index (Phi) is 6.31. The van der Waals surface area contributed by atoms with Gasteiger partial charge in [0.25, 0.3) is 5.91 Å². The first-order valence-electron chi connectivity index (χ1n) is 7.98. The molecule has 6 heteroatoms. The molecule has 0 aliphatic heterocycles. The third-order valence-electron chi connectivity index (χ3n) is 3.80. The van der Waals surface area contributed by atoms with Gasteiger partial charge in [0.2, 0.25) is 0 Å². The van der Waals surface area contributed by atoms with Crippen molar-refractivity contribution < 1.29 is 18.0 Å². The molecule has 0 atom stereocenters. The lowest BCUT2D eigenvalue weighted by atomic mass is 10.1. The smallest absolute Gasteiger partial charge is 0.252 e. The molecule has 0 saturated heterocycles. The van der Waals surface area contributed by atoms with Crippen LogP contribution in [0.25, 0.3) is 0 Å². The molecule has 1 amide bonds. The third-order valence-corrected chi connectivity index (χ3v) is 5.53. The van der Waals surface area contributed by atoms with Crippen LogP contribution in [0.3, 0.4) is 0 Å². The zero-order valence-electron chi connectivity index (χ0n) is 14.4. The van der Waals surface area contributed by atoms with Gasteiger partial charge in [0.15, 0.2) is 15.6 Å². The number of hydrogen-bond acceptors (Lipinski definition) is 4. The predicted octanol–water partition coefficient (Wildman–Crippen LogP) is 2.40. The quantitative estimate of drug-likeness (QED) is 0.600. The maximum absolute atomic E-state index is 12.3. The van der Waals surface area contributed by atoms with Gasteiger partial charge >= 0.3 is 0 Å². The van der Waals surface area contributed by atoms with Crippen molar-refractivity contribution >= 4 is 21.5 Å². The molecule has 0 unspecified atom stereocenters. The van der Waals surface area contributed by atoms with Crippen molar-refractivity contribution in [3.63, 3.8) is 0 Å². The molecule has 0 saturated carbocycles. The summed E-state index contributed by atoms with van der Waals surface area (Å²) in [5.74, 6) is 1.41. The van der Waals surface area contributed by atoms with Crippen LogP contribution >= 0.6 is 0 Å². The molecule has 26 heavy (non-hydrogen) atoms. The van der Waals surface area contributed by atoms with E-state index in [2.05, 4.69) is 11.2 Å². The van der Waals surface area contributed by atoms with Crippen molar-refractivity contribution in [2.24, 2.45) is 0 Å². The Morgan fingerprint density at radius 2 is 1.58 bits per heavy atom. The SMILES string of the molecule is C#CCNC(=O)c1ccc(C(=O)CCS(=O)(=O)c2ccc(C)cc2)cc1. The van der Waals surface area contributed by atoms with Crippen molar-refractivity contribution in [3.05, 3.63) is 65.2 Å². The number of carbonyl (C=O) groups excluding carboxylic acids is 2. The second-order valence-corrected chi connectivity index (χ2v) is 7.88. The molecule has 2 rings (SSSR count). The highest BCUT2D eigenvalue weighted by Crippen LogP contribution is 2.15. The fourth-order valence-electron chi connectivity index (χ4n) is 2.28. The standard InChI is InChI=1S/C20H19NO4S/c1-3-13-21-20(23)17-8-6-16(7-9-17)19(22)12-14-26(24,25)18-10-4-15(2)5-11-18/h1,4-11H,12-14H2,2H3,(H,21,23). The summed E-state index contributed by atoms with van der Waals surface area (Å²) in [4.78, 5) is 24.2. The topological polar surface area (TPSA) is 80.3 Å². The van der Waals surface area contributed by atoms with Crippen molar-refractivity contribution in [2.75, 3.05) is 12.3 Å². The van der Waals surface area contributed by atoms with Gasteiger partial charge in [0, 0.05) is 17.5 Å². The van der Waals surface area contributed by atoms with E-state index < -0.39 is 9.84 Å². The lowest BCUT2D eigenvalue weighted by Gasteiger charge is -2.06. The Morgan fingerprint density at radius 3 is 2.15 bits per heavy atom. The first kappa shape index (κ1) is 19.4. The number of benzene rings is 2. The van der Waals surface area contributed by atoms with Gasteiger partial charge in [-0.05, 0) is 31.2 Å². The first-order chi connectivity index (χ1) is 12.3. The van der Waals surface area contributed by atoms with E-state index in [1.807, 2.05) is 6.92 Å². The van der Waals surface area contributed by atoms with Crippen LogP contribution in [0.1, 0.15) is 32.7 Å². The second-order valence-electron chi connectivity index (χ2n) is 5.77. The Hall–Kier alpha value is -2.91. The van der Waals surface area contributed by atoms with E-state index in [0.29, 0.717) is 11.1 Å². The van der Waals surface area contributed by atoms with Crippen molar-refractivity contribution in [1.82, 2.24) is 5.32 Å². The van der Waals surface area contributed by atoms with Gasteiger partial charge in [-0.15, -0.1) is 6.42 Å². The Labute approximate surface area is 153 Å². The van der Waals surface area contributed by atoms with E-state index in [0.717, 1.165) is 5.56 Å². The van der Waals surface area contributed by atoms with Crippen molar-refractivity contribution in [1.29, 1.82) is 0 Å². The number of rotatable bonds is 7. The number of Topliss-reactive ketones (excluding diaryl/α,β-unsaturated/α-hetero) is 1. The van der Waals surface area contributed by atoms with Crippen LogP contribution < -0.4 is 5.32 Å². The molecule has 0 bridgehead atoms. The number of ketones is 1. The Morgan fingerprint density at radius 1 is 1.00 bits per heavy atom. The number of sulfone groups is 1. The van der Waals surface area contributed by atoms with Gasteiger partial charge < -0.3 is 5.32 Å². The van der Waals surface area contributed by atoms with E-state index in [4.69, 9.17) is 6.42 Å². The summed E-state index contributed by atoms with van der Waals surface area (Å²) in [7, 11) is -3.52. The van der Waals surface area contributed by atoms with Crippen LogP contribution in [-0.2, 0) is 9.84 Å². The summed E-state index contributed by atoms with van der Waals surface area (Å²) in [6.45, 7) is 1.99. The zero-order valence-corrected chi connectivity index (χ0v) is 15.2. The normalized spacial score (nSPS) is 10.8. The minimum atomic E-state index is -3.52. The largest absolute Gasteiger partial charge is 0.341 e. The number of amides is 1. The monoisotopic (exact) mass is 369 g/mol. The van der Waals surface area contributed by atoms with Crippen LogP contribution in [0.15, 0.2) is 53.4 Å². The summed E-state index contributed by atoms with van der Waals surface area (Å²) in [6.07, 6.45) is 4.95. The van der Waals surface area contributed by atoms with E-state index in [1.54, 1.807) is 24.3 Å². The van der Waals surface area contributed by atoms with Gasteiger partial charge in [-0.3, -0.25) is 9.59 Å². The number of terminal acetylenes is 1. The molecule has 134 valence electrons. The van der Waals surface area contributed by atoms with Gasteiger partial charge in [0.1, 0.15) is 0 Å². The Bertz CT molecular complexity index is 937. The summed E-state index contributed by atoms with van der Waals surface area (Å²) in [5, 5.41) is 2.53. The molecule has 0 heterocycles. The van der Waals surface area contributed by atoms with Crippen LogP contribution in [-0.4, -0.2) is 32.4 Å². The molecule has 2 aromatic rings. The van der Waals surface area contributed by atoms with Gasteiger partial charge in [-0.2, -0.15) is 0 Å². The van der Waals surface area contributed by atoms with E-state index in [1.165, 1.54) is 24.3 Å². The third kappa shape index (κ3) is 5.04. The van der Waals surface area contributed by atoms with Crippen LogP contribution in [0.4, 0.5) is 0 Å². The molecule has 0 fully saturated rings. The lowest BCUT2D eigenvalue weighted by molar-refractivity contribution is 0.0954. The fraction of sp³-hybridized carbons (Fsp3) is 0.200. The molecular formula is C20H19NO4S. The highest BCUT2D eigenvalue weighted by molar-refractivity contribution is 7.91. The van der Waals surface area contributed by atoms with E-state index >= 15 is 0 Å². The second kappa shape index (κ2) is 8.45. The van der Waals surface area contributed by atoms with Crippen LogP contribution in [0.2, 0.25) is 0 Å². The molecule has 0 aromatic heterocycles. The highest BCUT2D eigenvalue weighted by Gasteiger charge is 2.17. The molecule has 1 N–H and O–H groups in total. The summed E-state index contributed by atoms with van der Waals surface area (Å²) < 4.78 is 24.6. The predicted molar refractivity (Wildman–Crippen MR) is 99.8 cm³/mol. The molecule has 0 aliphatic rings. The molecule has 2 aromatic carbocycles. The fourth-order valence-corrected chi connectivity index (χ4v) is 3.52. The summed E-state index contributed by atoms with van der Waals surface area (Å²) >= 11 is 0. The summed E-state index contributed by atoms with van der Waals surface area (Å²) in [5.41, 5.74) is 1.70. The minimum Gasteiger partial charge on any atom is -0.341 e. The number of hydrogen-bond donors (Lipinski definition) is 1. The number of nitrogens with one attached hydrogen (secondary N) is 1. The maximum atomic E-state index is 12.3. The maximum Gasteiger partial charge on any atom is 0.252 e. The van der Waals surface area contributed by atoms with Gasteiger partial charge in [-0.1, -0.05) is 35.7 Å². The number of aryl methyl sites for hydroxylation is 1. The van der Waals surface area contributed by atoms with Crippen molar-refractivity contribution in [3.8, 4) is 12.3 Å². The minimum absolute atomic E-state index is 0.121. The lowest BCUT2D eigenvalue weighted by Crippen LogP contribution is -2.23. The summed E-state index contributed by atoms with van der Waals surface area (Å²) in [6, 6.07) is 12.5. The van der Waals surface area contributed by atoms with E-state index in [9.17, 15) is 18.0 Å². The van der Waals surface area contributed by atoms with E-state index in [-0.39, 0.29) is 35.3 Å². The van der Waals surface area contributed by atoms with Gasteiger partial charge in [-0.25, -0.2) is 8.42 Å². The average Bonchev–Trinajstić information content (AvgIpc) is 2.64. The van der Waals surface area contributed by atoms with Crippen LogP contribution in [0, 0.1) is 19.3 Å². The number of carbonyl (C=O) groups is 2. The molecule has 0 aliphatic carbocycles. The molecule has 0 spiro atoms. The highest BCUT2D eigenvalue weighted by atomic mass is 32.2. The van der Waals surface area contributed by atoms with Crippen LogP contribution in [0.5, 0.6) is 0 Å². The average molecular weight is 369 g/mol. The molecule has 0 radical (unpaired) electrons. The molecule has 5 nitrogen and oxygen atoms in total. The Balaban J connectivity index is 2.00.